The third kappa shape index (κ3) is 6.10. The van der Waals surface area contributed by atoms with E-state index in [1.54, 1.807) is 18.2 Å². The van der Waals surface area contributed by atoms with Gasteiger partial charge in [-0.1, -0.05) is 18.2 Å². The van der Waals surface area contributed by atoms with Crippen molar-refractivity contribution in [1.82, 2.24) is 9.03 Å². The van der Waals surface area contributed by atoms with E-state index in [4.69, 9.17) is 4.74 Å². The summed E-state index contributed by atoms with van der Waals surface area (Å²) in [4.78, 5) is 0.146. The molecule has 1 aromatic rings. The van der Waals surface area contributed by atoms with Gasteiger partial charge in [-0.2, -0.15) is 4.31 Å². The molecule has 0 saturated heterocycles. The number of rotatable bonds is 9. The van der Waals surface area contributed by atoms with Crippen LogP contribution in [0.1, 0.15) is 0 Å². The molecule has 1 N–H and O–H groups in total. The molecule has 120 valence electrons. The lowest BCUT2D eigenvalue weighted by atomic mass is 10.4. The van der Waals surface area contributed by atoms with Crippen molar-refractivity contribution in [3.8, 4) is 0 Å². The number of hydrogen-bond donors (Lipinski definition) is 1. The largest absolute Gasteiger partial charge is 0.383 e. The molecule has 0 spiro atoms. The molecule has 0 saturated carbocycles. The van der Waals surface area contributed by atoms with Crippen LogP contribution < -0.4 is 4.72 Å². The second-order valence-electron chi connectivity index (χ2n) is 4.37. The highest BCUT2D eigenvalue weighted by molar-refractivity contribution is 7.89. The number of sulfonamides is 2. The Kier molecular flexibility index (Phi) is 6.75. The van der Waals surface area contributed by atoms with Gasteiger partial charge >= 0.3 is 0 Å². The first-order valence-corrected chi connectivity index (χ1v) is 9.59. The van der Waals surface area contributed by atoms with Crippen molar-refractivity contribution >= 4 is 20.0 Å². The molecule has 0 bridgehead atoms. The van der Waals surface area contributed by atoms with Crippen LogP contribution in [0.5, 0.6) is 0 Å². The average Bonchev–Trinajstić information content (AvgIpc) is 2.42. The van der Waals surface area contributed by atoms with E-state index in [1.807, 2.05) is 0 Å². The zero-order valence-corrected chi connectivity index (χ0v) is 13.7. The minimum absolute atomic E-state index is 0.00594. The molecule has 21 heavy (non-hydrogen) atoms. The number of nitrogens with one attached hydrogen (secondary N) is 1. The Hall–Kier alpha value is -1.00. The fraction of sp³-hybridized carbons (Fsp3) is 0.500. The number of hydrogen-bond acceptors (Lipinski definition) is 5. The van der Waals surface area contributed by atoms with Gasteiger partial charge in [-0.25, -0.2) is 21.6 Å². The van der Waals surface area contributed by atoms with Crippen molar-refractivity contribution < 1.29 is 21.6 Å². The minimum Gasteiger partial charge on any atom is -0.383 e. The summed E-state index contributed by atoms with van der Waals surface area (Å²) in [5.41, 5.74) is 0. The summed E-state index contributed by atoms with van der Waals surface area (Å²) in [6.45, 7) is 0.475. The molecule has 0 amide bonds. The molecule has 7 nitrogen and oxygen atoms in total. The number of methoxy groups -OCH3 is 1. The molecule has 0 unspecified atom stereocenters. The van der Waals surface area contributed by atoms with Crippen molar-refractivity contribution in [2.75, 3.05) is 39.6 Å². The fourth-order valence-electron chi connectivity index (χ4n) is 1.62. The van der Waals surface area contributed by atoms with Crippen LogP contribution in [0, 0.1) is 0 Å². The van der Waals surface area contributed by atoms with Crippen molar-refractivity contribution in [1.29, 1.82) is 0 Å². The Morgan fingerprint density at radius 2 is 1.71 bits per heavy atom. The Morgan fingerprint density at radius 3 is 2.24 bits per heavy atom. The van der Waals surface area contributed by atoms with Crippen LogP contribution in [0.2, 0.25) is 0 Å². The van der Waals surface area contributed by atoms with Crippen LogP contribution in [0.25, 0.3) is 0 Å². The Balaban J connectivity index is 2.62. The van der Waals surface area contributed by atoms with E-state index in [0.29, 0.717) is 0 Å². The van der Waals surface area contributed by atoms with Gasteiger partial charge in [0.25, 0.3) is 0 Å². The first-order valence-electron chi connectivity index (χ1n) is 6.26. The fourth-order valence-corrected chi connectivity index (χ4v) is 3.50. The lowest BCUT2D eigenvalue weighted by Gasteiger charge is -2.19. The van der Waals surface area contributed by atoms with Crippen LogP contribution in [0.15, 0.2) is 35.2 Å². The summed E-state index contributed by atoms with van der Waals surface area (Å²) in [5, 5.41) is 0. The monoisotopic (exact) mass is 336 g/mol. The summed E-state index contributed by atoms with van der Waals surface area (Å²) in [7, 11) is -5.55. The highest BCUT2D eigenvalue weighted by atomic mass is 32.2. The third-order valence-corrected chi connectivity index (χ3v) is 5.50. The molecule has 0 atom stereocenters. The first-order chi connectivity index (χ1) is 9.77. The van der Waals surface area contributed by atoms with Gasteiger partial charge in [0.15, 0.2) is 0 Å². The van der Waals surface area contributed by atoms with Crippen LogP contribution in [-0.4, -0.2) is 60.7 Å². The molecule has 0 aromatic heterocycles. The highest BCUT2D eigenvalue weighted by Crippen LogP contribution is 2.06. The molecule has 0 aliphatic carbocycles. The number of benzene rings is 1. The molecule has 1 rings (SSSR count). The molecule has 1 aromatic carbocycles. The molecule has 0 aliphatic heterocycles. The standard InChI is InChI=1S/C12H20N2O5S2/c1-19-11-10-14(20(2,15)16)9-8-13-21(17,18)12-6-4-3-5-7-12/h3-7,13H,8-11H2,1-2H3. The second kappa shape index (κ2) is 7.85. The SMILES string of the molecule is COCCN(CCNS(=O)(=O)c1ccccc1)S(C)(=O)=O. The van der Waals surface area contributed by atoms with E-state index in [-0.39, 0.29) is 31.1 Å². The molecular weight excluding hydrogens is 316 g/mol. The highest BCUT2D eigenvalue weighted by Gasteiger charge is 2.18. The van der Waals surface area contributed by atoms with Crippen molar-refractivity contribution in [2.24, 2.45) is 0 Å². The van der Waals surface area contributed by atoms with E-state index < -0.39 is 20.0 Å². The summed E-state index contributed by atoms with van der Waals surface area (Å²) in [6, 6.07) is 7.91. The summed E-state index contributed by atoms with van der Waals surface area (Å²) < 4.78 is 55.4. The number of ether oxygens (including phenoxy) is 1. The predicted octanol–water partition coefficient (Wildman–Crippen LogP) is -0.127. The summed E-state index contributed by atoms with van der Waals surface area (Å²) >= 11 is 0. The Morgan fingerprint density at radius 1 is 1.10 bits per heavy atom. The van der Waals surface area contributed by atoms with Crippen molar-refractivity contribution in [3.63, 3.8) is 0 Å². The van der Waals surface area contributed by atoms with Gasteiger partial charge < -0.3 is 4.74 Å². The first kappa shape index (κ1) is 18.1. The third-order valence-electron chi connectivity index (χ3n) is 2.72. The van der Waals surface area contributed by atoms with Crippen LogP contribution in [0.4, 0.5) is 0 Å². The molecule has 0 aliphatic rings. The lowest BCUT2D eigenvalue weighted by Crippen LogP contribution is -2.39. The molecule has 0 fully saturated rings. The van der Waals surface area contributed by atoms with Gasteiger partial charge in [0, 0.05) is 26.7 Å². The molecular formula is C12H20N2O5S2. The van der Waals surface area contributed by atoms with Gasteiger partial charge in [0.2, 0.25) is 20.0 Å². The zero-order chi connectivity index (χ0) is 15.9. The molecule has 0 heterocycles. The quantitative estimate of drug-likeness (QED) is 0.678. The molecule has 0 radical (unpaired) electrons. The molecule has 9 heteroatoms. The Labute approximate surface area is 126 Å². The zero-order valence-electron chi connectivity index (χ0n) is 12.0. The normalized spacial score (nSPS) is 12.7. The average molecular weight is 336 g/mol. The Bertz CT molecular complexity index is 629. The maximum Gasteiger partial charge on any atom is 0.240 e. The van der Waals surface area contributed by atoms with Crippen molar-refractivity contribution in [2.45, 2.75) is 4.90 Å². The van der Waals surface area contributed by atoms with Gasteiger partial charge in [-0.3, -0.25) is 0 Å². The van der Waals surface area contributed by atoms with E-state index in [0.717, 1.165) is 6.26 Å². The van der Waals surface area contributed by atoms with Gasteiger partial charge in [-0.15, -0.1) is 0 Å². The van der Waals surface area contributed by atoms with Gasteiger partial charge in [0.1, 0.15) is 0 Å². The van der Waals surface area contributed by atoms with E-state index in [9.17, 15) is 16.8 Å². The minimum atomic E-state index is -3.62. The maximum atomic E-state index is 12.0. The summed E-state index contributed by atoms with van der Waals surface area (Å²) in [6.07, 6.45) is 1.08. The number of nitrogens with zero attached hydrogens (tertiary/aromatic N) is 1. The smallest absolute Gasteiger partial charge is 0.240 e. The van der Waals surface area contributed by atoms with Gasteiger partial charge in [-0.05, 0) is 12.1 Å². The van der Waals surface area contributed by atoms with E-state index >= 15 is 0 Å². The van der Waals surface area contributed by atoms with Crippen LogP contribution >= 0.6 is 0 Å². The van der Waals surface area contributed by atoms with Crippen molar-refractivity contribution in [3.05, 3.63) is 30.3 Å². The van der Waals surface area contributed by atoms with Crippen LogP contribution in [-0.2, 0) is 24.8 Å². The predicted molar refractivity (Wildman–Crippen MR) is 79.9 cm³/mol. The summed E-state index contributed by atoms with van der Waals surface area (Å²) in [5.74, 6) is 0. The maximum absolute atomic E-state index is 12.0. The topological polar surface area (TPSA) is 92.8 Å². The van der Waals surface area contributed by atoms with E-state index in [1.165, 1.54) is 23.5 Å². The second-order valence-corrected chi connectivity index (χ2v) is 8.12. The van der Waals surface area contributed by atoms with E-state index in [2.05, 4.69) is 4.72 Å². The van der Waals surface area contributed by atoms with Crippen LogP contribution in [0.3, 0.4) is 0 Å². The van der Waals surface area contributed by atoms with Gasteiger partial charge in [0.05, 0.1) is 17.8 Å². The lowest BCUT2D eigenvalue weighted by molar-refractivity contribution is 0.179.